The van der Waals surface area contributed by atoms with Crippen LogP contribution in [0.2, 0.25) is 0 Å². The summed E-state index contributed by atoms with van der Waals surface area (Å²) in [7, 11) is 0. The van der Waals surface area contributed by atoms with Gasteiger partial charge in [0.15, 0.2) is 0 Å². The van der Waals surface area contributed by atoms with Crippen molar-refractivity contribution in [1.29, 1.82) is 0 Å². The molecule has 3 fully saturated rings. The van der Waals surface area contributed by atoms with Gasteiger partial charge in [-0.05, 0) is 43.9 Å². The van der Waals surface area contributed by atoms with E-state index in [0.29, 0.717) is 17.3 Å². The van der Waals surface area contributed by atoms with E-state index in [1.54, 1.807) is 11.8 Å². The Hall–Kier alpha value is -0.710. The van der Waals surface area contributed by atoms with Crippen LogP contribution in [0.5, 0.6) is 0 Å². The lowest BCUT2D eigenvalue weighted by atomic mass is 9.75. The van der Waals surface area contributed by atoms with E-state index in [9.17, 15) is 9.59 Å². The zero-order valence-corrected chi connectivity index (χ0v) is 15.3. The highest BCUT2D eigenvalue weighted by Crippen LogP contribution is 2.35. The smallest absolute Gasteiger partial charge is 0.243 e. The first kappa shape index (κ1) is 17.1. The van der Waals surface area contributed by atoms with Crippen molar-refractivity contribution in [3.8, 4) is 0 Å². The molecule has 2 aliphatic carbocycles. The summed E-state index contributed by atoms with van der Waals surface area (Å²) in [5.74, 6) is 1.90. The first-order chi connectivity index (χ1) is 11.0. The third-order valence-electron chi connectivity index (χ3n) is 5.86. The van der Waals surface area contributed by atoms with E-state index in [4.69, 9.17) is 0 Å². The second kappa shape index (κ2) is 7.04. The van der Waals surface area contributed by atoms with E-state index >= 15 is 0 Å². The summed E-state index contributed by atoms with van der Waals surface area (Å²) in [6.07, 6.45) is 8.80. The average Bonchev–Trinajstić information content (AvgIpc) is 3.20. The number of amides is 2. The second-order valence-electron chi connectivity index (χ2n) is 8.25. The van der Waals surface area contributed by atoms with Crippen LogP contribution < -0.4 is 5.32 Å². The molecule has 0 aromatic carbocycles. The monoisotopic (exact) mass is 338 g/mol. The van der Waals surface area contributed by atoms with Crippen molar-refractivity contribution in [2.75, 3.05) is 11.6 Å². The molecule has 1 aliphatic heterocycles. The number of nitrogens with zero attached hydrogens (tertiary/aromatic N) is 1. The van der Waals surface area contributed by atoms with Gasteiger partial charge in [0, 0.05) is 17.7 Å². The van der Waals surface area contributed by atoms with Gasteiger partial charge in [-0.15, -0.1) is 11.8 Å². The van der Waals surface area contributed by atoms with E-state index in [1.165, 1.54) is 12.8 Å². The van der Waals surface area contributed by atoms with Crippen LogP contribution in [-0.4, -0.2) is 40.4 Å². The molecule has 5 heteroatoms. The summed E-state index contributed by atoms with van der Waals surface area (Å²) < 4.78 is 0. The Morgan fingerprint density at radius 3 is 2.39 bits per heavy atom. The summed E-state index contributed by atoms with van der Waals surface area (Å²) in [5.41, 5.74) is 0.412. The summed E-state index contributed by atoms with van der Waals surface area (Å²) >= 11 is 1.71. The van der Waals surface area contributed by atoms with Crippen LogP contribution in [0.3, 0.4) is 0 Å². The Morgan fingerprint density at radius 1 is 1.09 bits per heavy atom. The van der Waals surface area contributed by atoms with E-state index in [0.717, 1.165) is 44.3 Å². The summed E-state index contributed by atoms with van der Waals surface area (Å²) in [6, 6.07) is 0.0487. The summed E-state index contributed by atoms with van der Waals surface area (Å²) in [5, 5.41) is 3.23. The van der Waals surface area contributed by atoms with Gasteiger partial charge in [-0.2, -0.15) is 0 Å². The number of carbonyl (C=O) groups is 2. The van der Waals surface area contributed by atoms with Crippen LogP contribution in [0.4, 0.5) is 0 Å². The quantitative estimate of drug-likeness (QED) is 0.860. The molecule has 0 aromatic heterocycles. The minimum atomic E-state index is -0.247. The number of carbonyl (C=O) groups excluding carboxylic acids is 2. The minimum absolute atomic E-state index is 0.0750. The predicted molar refractivity (Wildman–Crippen MR) is 94.1 cm³/mol. The SMILES string of the molecule is CC1(C)CCC(NC(=O)[C@H]2CSCN2C(=O)C2CCCC2)CC1. The molecule has 0 unspecified atom stereocenters. The first-order valence-corrected chi connectivity index (χ1v) is 10.3. The van der Waals surface area contributed by atoms with Crippen LogP contribution in [0.1, 0.15) is 65.2 Å². The molecular weight excluding hydrogens is 308 g/mol. The van der Waals surface area contributed by atoms with Crippen molar-refractivity contribution in [3.05, 3.63) is 0 Å². The third kappa shape index (κ3) is 4.04. The number of hydrogen-bond donors (Lipinski definition) is 1. The Kier molecular flexibility index (Phi) is 5.24. The highest BCUT2D eigenvalue weighted by atomic mass is 32.2. The second-order valence-corrected chi connectivity index (χ2v) is 9.25. The lowest BCUT2D eigenvalue weighted by Gasteiger charge is -2.35. The predicted octanol–water partition coefficient (Wildman–Crippen LogP) is 3.16. The normalized spacial score (nSPS) is 29.0. The van der Waals surface area contributed by atoms with Gasteiger partial charge in [0.2, 0.25) is 11.8 Å². The number of rotatable bonds is 3. The van der Waals surface area contributed by atoms with E-state index < -0.39 is 0 Å². The highest BCUT2D eigenvalue weighted by Gasteiger charge is 2.39. The van der Waals surface area contributed by atoms with Gasteiger partial charge in [-0.25, -0.2) is 0 Å². The van der Waals surface area contributed by atoms with Gasteiger partial charge in [0.25, 0.3) is 0 Å². The van der Waals surface area contributed by atoms with Crippen molar-refractivity contribution >= 4 is 23.6 Å². The highest BCUT2D eigenvalue weighted by molar-refractivity contribution is 7.99. The third-order valence-corrected chi connectivity index (χ3v) is 6.87. The molecule has 0 spiro atoms. The van der Waals surface area contributed by atoms with Gasteiger partial charge in [0.1, 0.15) is 6.04 Å². The first-order valence-electron chi connectivity index (χ1n) is 9.15. The Bertz CT molecular complexity index is 450. The molecule has 1 heterocycles. The molecule has 4 nitrogen and oxygen atoms in total. The topological polar surface area (TPSA) is 49.4 Å². The van der Waals surface area contributed by atoms with Crippen molar-refractivity contribution in [1.82, 2.24) is 10.2 Å². The summed E-state index contributed by atoms with van der Waals surface area (Å²) in [4.78, 5) is 27.2. The standard InChI is InChI=1S/C18H30N2O2S/c1-18(2)9-7-14(8-10-18)19-16(21)15-11-23-12-20(15)17(22)13-5-3-4-6-13/h13-15H,3-12H2,1-2H3,(H,19,21)/t15-/m1/s1. The average molecular weight is 339 g/mol. The fraction of sp³-hybridized carbons (Fsp3) is 0.889. The van der Waals surface area contributed by atoms with Crippen molar-refractivity contribution in [2.45, 2.75) is 77.3 Å². The zero-order valence-electron chi connectivity index (χ0n) is 14.5. The van der Waals surface area contributed by atoms with Crippen LogP contribution >= 0.6 is 11.8 Å². The molecule has 0 radical (unpaired) electrons. The molecular formula is C18H30N2O2S. The zero-order chi connectivity index (χ0) is 16.4. The lowest BCUT2D eigenvalue weighted by Crippen LogP contribution is -2.51. The van der Waals surface area contributed by atoms with Crippen LogP contribution in [0.25, 0.3) is 0 Å². The van der Waals surface area contributed by atoms with E-state index in [-0.39, 0.29) is 23.8 Å². The molecule has 3 rings (SSSR count). The molecule has 0 aromatic rings. The van der Waals surface area contributed by atoms with Crippen molar-refractivity contribution in [2.24, 2.45) is 11.3 Å². The van der Waals surface area contributed by atoms with Crippen molar-refractivity contribution < 1.29 is 9.59 Å². The minimum Gasteiger partial charge on any atom is -0.352 e. The van der Waals surface area contributed by atoms with Gasteiger partial charge in [0.05, 0.1) is 5.88 Å². The number of thioether (sulfide) groups is 1. The number of nitrogens with one attached hydrogen (secondary N) is 1. The van der Waals surface area contributed by atoms with E-state index in [1.807, 2.05) is 4.90 Å². The fourth-order valence-corrected chi connectivity index (χ4v) is 5.29. The molecule has 2 saturated carbocycles. The van der Waals surface area contributed by atoms with Gasteiger partial charge >= 0.3 is 0 Å². The lowest BCUT2D eigenvalue weighted by molar-refractivity contribution is -0.141. The number of hydrogen-bond acceptors (Lipinski definition) is 3. The van der Waals surface area contributed by atoms with Crippen LogP contribution in [0.15, 0.2) is 0 Å². The van der Waals surface area contributed by atoms with Crippen molar-refractivity contribution in [3.63, 3.8) is 0 Å². The largest absolute Gasteiger partial charge is 0.352 e. The van der Waals surface area contributed by atoms with E-state index in [2.05, 4.69) is 19.2 Å². The molecule has 1 N–H and O–H groups in total. The molecule has 1 saturated heterocycles. The molecule has 0 bridgehead atoms. The maximum atomic E-state index is 12.7. The molecule has 3 aliphatic rings. The maximum absolute atomic E-state index is 12.7. The fourth-order valence-electron chi connectivity index (χ4n) is 4.13. The van der Waals surface area contributed by atoms with Gasteiger partial charge < -0.3 is 10.2 Å². The van der Waals surface area contributed by atoms with Crippen LogP contribution in [-0.2, 0) is 9.59 Å². The molecule has 1 atom stereocenters. The Balaban J connectivity index is 1.54. The molecule has 2 amide bonds. The Morgan fingerprint density at radius 2 is 1.74 bits per heavy atom. The molecule has 130 valence electrons. The summed E-state index contributed by atoms with van der Waals surface area (Å²) in [6.45, 7) is 4.61. The Labute approximate surface area is 144 Å². The molecule has 23 heavy (non-hydrogen) atoms. The van der Waals surface area contributed by atoms with Crippen LogP contribution in [0, 0.1) is 11.3 Å². The van der Waals surface area contributed by atoms with Gasteiger partial charge in [-0.3, -0.25) is 9.59 Å². The van der Waals surface area contributed by atoms with Gasteiger partial charge in [-0.1, -0.05) is 26.7 Å². The maximum Gasteiger partial charge on any atom is 0.243 e.